The number of nitrogen functional groups attached to an aromatic ring is 1. The van der Waals surface area contributed by atoms with Crippen molar-refractivity contribution in [1.29, 1.82) is 0 Å². The Hall–Kier alpha value is -2.50. The van der Waals surface area contributed by atoms with Crippen molar-refractivity contribution < 1.29 is 9.15 Å². The summed E-state index contributed by atoms with van der Waals surface area (Å²) in [5.74, 6) is 0.595. The number of nitrogens with two attached hydrogens (primary N) is 1. The number of oxazole rings is 1. The third kappa shape index (κ3) is 1.50. The molecule has 0 saturated carbocycles. The molecule has 0 aliphatic carbocycles. The first-order valence-corrected chi connectivity index (χ1v) is 5.42. The summed E-state index contributed by atoms with van der Waals surface area (Å²) in [6.07, 6.45) is 0.237. The maximum atomic E-state index is 5.79. The van der Waals surface area contributed by atoms with E-state index < -0.39 is 0 Å². The van der Waals surface area contributed by atoms with Gasteiger partial charge in [0, 0.05) is 18.7 Å². The lowest BCUT2D eigenvalue weighted by Crippen LogP contribution is -1.96. The van der Waals surface area contributed by atoms with E-state index in [9.17, 15) is 0 Å². The quantitative estimate of drug-likeness (QED) is 0.743. The molecular formula is C12H12N4O2. The second-order valence-electron chi connectivity index (χ2n) is 3.91. The van der Waals surface area contributed by atoms with Crippen LogP contribution in [0.1, 0.15) is 0 Å². The molecule has 0 aliphatic rings. The zero-order chi connectivity index (χ0) is 12.7. The van der Waals surface area contributed by atoms with E-state index in [0.29, 0.717) is 16.9 Å². The average Bonchev–Trinajstić information content (AvgIpc) is 2.93. The number of aryl methyl sites for hydroxylation is 1. The van der Waals surface area contributed by atoms with Gasteiger partial charge in [-0.1, -0.05) is 12.1 Å². The summed E-state index contributed by atoms with van der Waals surface area (Å²) < 4.78 is 12.0. The second kappa shape index (κ2) is 3.76. The summed E-state index contributed by atoms with van der Waals surface area (Å²) in [5, 5.41) is 4.33. The number of nitrogens with zero attached hydrogens (tertiary/aromatic N) is 3. The molecule has 0 amide bonds. The van der Waals surface area contributed by atoms with Gasteiger partial charge in [-0.15, -0.1) is 0 Å². The molecule has 6 heteroatoms. The third-order valence-corrected chi connectivity index (χ3v) is 2.77. The Kier molecular flexibility index (Phi) is 2.22. The van der Waals surface area contributed by atoms with Crippen LogP contribution in [0.3, 0.4) is 0 Å². The van der Waals surface area contributed by atoms with Crippen LogP contribution in [0, 0.1) is 0 Å². The molecular weight excluding hydrogens is 232 g/mol. The van der Waals surface area contributed by atoms with Crippen LogP contribution in [0.25, 0.3) is 22.4 Å². The predicted molar refractivity (Wildman–Crippen MR) is 67.2 cm³/mol. The first-order valence-electron chi connectivity index (χ1n) is 5.42. The van der Waals surface area contributed by atoms with Gasteiger partial charge in [0.25, 0.3) is 0 Å². The SMILES string of the molecule is COc1nc2c(-c3cc(N)n(C)n3)cccc2o1. The van der Waals surface area contributed by atoms with Gasteiger partial charge in [0.15, 0.2) is 5.58 Å². The van der Waals surface area contributed by atoms with E-state index in [1.807, 2.05) is 18.2 Å². The van der Waals surface area contributed by atoms with Gasteiger partial charge >= 0.3 is 6.08 Å². The molecule has 0 fully saturated rings. The molecule has 0 aliphatic heterocycles. The fourth-order valence-corrected chi connectivity index (χ4v) is 1.84. The van der Waals surface area contributed by atoms with E-state index in [2.05, 4.69) is 10.1 Å². The molecule has 6 nitrogen and oxygen atoms in total. The van der Waals surface area contributed by atoms with E-state index in [1.165, 1.54) is 7.11 Å². The average molecular weight is 244 g/mol. The van der Waals surface area contributed by atoms with Gasteiger partial charge in [-0.3, -0.25) is 4.68 Å². The predicted octanol–water partition coefficient (Wildman–Crippen LogP) is 1.82. The minimum atomic E-state index is 0.237. The monoisotopic (exact) mass is 244 g/mol. The minimum absolute atomic E-state index is 0.237. The van der Waals surface area contributed by atoms with Crippen LogP contribution in [0.15, 0.2) is 28.7 Å². The zero-order valence-corrected chi connectivity index (χ0v) is 10.0. The summed E-state index contributed by atoms with van der Waals surface area (Å²) in [7, 11) is 3.31. The normalized spacial score (nSPS) is 11.0. The molecule has 0 unspecified atom stereocenters. The van der Waals surface area contributed by atoms with Gasteiger partial charge in [-0.2, -0.15) is 10.1 Å². The summed E-state index contributed by atoms with van der Waals surface area (Å²) in [6.45, 7) is 0. The van der Waals surface area contributed by atoms with Gasteiger partial charge in [0.2, 0.25) is 0 Å². The highest BCUT2D eigenvalue weighted by Crippen LogP contribution is 2.30. The lowest BCUT2D eigenvalue weighted by molar-refractivity contribution is 0.299. The van der Waals surface area contributed by atoms with Gasteiger partial charge in [0.05, 0.1) is 12.8 Å². The van der Waals surface area contributed by atoms with Crippen LogP contribution >= 0.6 is 0 Å². The fourth-order valence-electron chi connectivity index (χ4n) is 1.84. The molecule has 0 saturated heterocycles. The van der Waals surface area contributed by atoms with E-state index in [4.69, 9.17) is 14.9 Å². The maximum Gasteiger partial charge on any atom is 0.394 e. The van der Waals surface area contributed by atoms with Crippen LogP contribution in [0.5, 0.6) is 6.08 Å². The topological polar surface area (TPSA) is 79.1 Å². The van der Waals surface area contributed by atoms with Crippen molar-refractivity contribution in [2.24, 2.45) is 7.05 Å². The molecule has 3 rings (SSSR count). The summed E-state index contributed by atoms with van der Waals surface area (Å²) in [6, 6.07) is 7.44. The molecule has 2 heterocycles. The van der Waals surface area contributed by atoms with E-state index >= 15 is 0 Å². The van der Waals surface area contributed by atoms with E-state index in [-0.39, 0.29) is 6.08 Å². The van der Waals surface area contributed by atoms with Crippen molar-refractivity contribution in [3.63, 3.8) is 0 Å². The maximum absolute atomic E-state index is 5.79. The van der Waals surface area contributed by atoms with Gasteiger partial charge in [-0.05, 0) is 6.07 Å². The van der Waals surface area contributed by atoms with Crippen molar-refractivity contribution in [1.82, 2.24) is 14.8 Å². The number of para-hydroxylation sites is 1. The van der Waals surface area contributed by atoms with Gasteiger partial charge in [-0.25, -0.2) is 0 Å². The van der Waals surface area contributed by atoms with Crippen molar-refractivity contribution in [3.05, 3.63) is 24.3 Å². The Morgan fingerprint density at radius 2 is 2.22 bits per heavy atom. The number of fused-ring (bicyclic) bond motifs is 1. The van der Waals surface area contributed by atoms with Crippen molar-refractivity contribution >= 4 is 16.9 Å². The van der Waals surface area contributed by atoms with Crippen LogP contribution in [-0.2, 0) is 7.05 Å². The molecule has 0 spiro atoms. The first kappa shape index (κ1) is 10.6. The first-order chi connectivity index (χ1) is 8.69. The molecule has 2 aromatic heterocycles. The molecule has 3 aromatic rings. The highest BCUT2D eigenvalue weighted by Gasteiger charge is 2.14. The summed E-state index contributed by atoms with van der Waals surface area (Å²) in [4.78, 5) is 4.27. The van der Waals surface area contributed by atoms with Crippen LogP contribution in [0.4, 0.5) is 5.82 Å². The number of benzene rings is 1. The van der Waals surface area contributed by atoms with Crippen LogP contribution < -0.4 is 10.5 Å². The summed E-state index contributed by atoms with van der Waals surface area (Å²) in [5.41, 5.74) is 8.79. The van der Waals surface area contributed by atoms with Gasteiger partial charge < -0.3 is 14.9 Å². The largest absolute Gasteiger partial charge is 0.453 e. The Morgan fingerprint density at radius 3 is 2.89 bits per heavy atom. The number of aromatic nitrogens is 3. The van der Waals surface area contributed by atoms with E-state index in [1.54, 1.807) is 17.8 Å². The fraction of sp³-hybridized carbons (Fsp3) is 0.167. The molecule has 18 heavy (non-hydrogen) atoms. The molecule has 0 atom stereocenters. The van der Waals surface area contributed by atoms with Crippen LogP contribution in [-0.4, -0.2) is 21.9 Å². The van der Waals surface area contributed by atoms with Gasteiger partial charge in [0.1, 0.15) is 11.3 Å². The lowest BCUT2D eigenvalue weighted by Gasteiger charge is -1.95. The highest BCUT2D eigenvalue weighted by molar-refractivity contribution is 5.90. The molecule has 0 bridgehead atoms. The number of rotatable bonds is 2. The van der Waals surface area contributed by atoms with Crippen molar-refractivity contribution in [3.8, 4) is 17.3 Å². The molecule has 0 radical (unpaired) electrons. The third-order valence-electron chi connectivity index (χ3n) is 2.77. The lowest BCUT2D eigenvalue weighted by atomic mass is 10.1. The molecule has 1 aromatic carbocycles. The number of ether oxygens (including phenoxy) is 1. The minimum Gasteiger partial charge on any atom is -0.453 e. The Bertz CT molecular complexity index is 695. The molecule has 92 valence electrons. The second-order valence-corrected chi connectivity index (χ2v) is 3.91. The molecule has 2 N–H and O–H groups in total. The van der Waals surface area contributed by atoms with E-state index in [0.717, 1.165) is 11.3 Å². The smallest absolute Gasteiger partial charge is 0.394 e. The van der Waals surface area contributed by atoms with Crippen molar-refractivity contribution in [2.45, 2.75) is 0 Å². The number of hydrogen-bond acceptors (Lipinski definition) is 5. The number of anilines is 1. The number of hydrogen-bond donors (Lipinski definition) is 1. The summed E-state index contributed by atoms with van der Waals surface area (Å²) >= 11 is 0. The Morgan fingerprint density at radius 1 is 1.39 bits per heavy atom. The Balaban J connectivity index is 2.25. The number of methoxy groups -OCH3 is 1. The Labute approximate surface area is 103 Å². The zero-order valence-electron chi connectivity index (χ0n) is 10.0. The van der Waals surface area contributed by atoms with Crippen molar-refractivity contribution in [2.75, 3.05) is 12.8 Å². The standard InChI is InChI=1S/C12H12N4O2/c1-16-10(13)6-8(15-16)7-4-3-5-9-11(7)14-12(17-2)18-9/h3-6H,13H2,1-2H3. The highest BCUT2D eigenvalue weighted by atomic mass is 16.6. The van der Waals surface area contributed by atoms with Crippen LogP contribution in [0.2, 0.25) is 0 Å².